The van der Waals surface area contributed by atoms with Crippen LogP contribution in [0.15, 0.2) is 49.1 Å². The molecule has 2 aromatic heterocycles. The Balaban J connectivity index is 1.08. The lowest BCUT2D eigenvalue weighted by molar-refractivity contribution is 0.0695. The van der Waals surface area contributed by atoms with Gasteiger partial charge in [0.25, 0.3) is 0 Å². The Morgan fingerprint density at radius 1 is 0.951 bits per heavy atom. The molecule has 4 heterocycles. The molecule has 0 amide bonds. The monoisotopic (exact) mass is 561 g/mol. The fraction of sp³-hybridized carbons (Fsp3) is 0.594. The molecule has 1 aromatic carbocycles. The maximum Gasteiger partial charge on any atom is 0.336 e. The molecule has 9 heteroatoms. The van der Waals surface area contributed by atoms with Crippen molar-refractivity contribution in [3.8, 4) is 0 Å². The van der Waals surface area contributed by atoms with Crippen LogP contribution in [-0.2, 0) is 26.2 Å². The summed E-state index contributed by atoms with van der Waals surface area (Å²) in [6.45, 7) is 14.9. The average molecular weight is 562 g/mol. The summed E-state index contributed by atoms with van der Waals surface area (Å²) in [5.74, 6) is 1.83. The van der Waals surface area contributed by atoms with Crippen molar-refractivity contribution < 1.29 is 9.90 Å². The van der Waals surface area contributed by atoms with Crippen molar-refractivity contribution in [1.82, 2.24) is 33.8 Å². The van der Waals surface area contributed by atoms with Crippen molar-refractivity contribution in [1.29, 1.82) is 0 Å². The number of piperidine rings is 1. The molecule has 0 aliphatic carbocycles. The first-order valence-corrected chi connectivity index (χ1v) is 15.2. The van der Waals surface area contributed by atoms with Gasteiger partial charge in [0, 0.05) is 51.0 Å². The maximum atomic E-state index is 11.6. The highest BCUT2D eigenvalue weighted by molar-refractivity contribution is 5.89. The van der Waals surface area contributed by atoms with Crippen LogP contribution in [0, 0.1) is 11.3 Å². The number of rotatable bonds is 13. The number of hydrogen-bond acceptors (Lipinski definition) is 6. The lowest BCUT2D eigenvalue weighted by atomic mass is 9.77. The Morgan fingerprint density at radius 2 is 1.59 bits per heavy atom. The molecule has 2 saturated heterocycles. The molecule has 2 aliphatic rings. The predicted molar refractivity (Wildman–Crippen MR) is 161 cm³/mol. The number of aromatic carboxylic acids is 1. The van der Waals surface area contributed by atoms with E-state index >= 15 is 0 Å². The van der Waals surface area contributed by atoms with Crippen molar-refractivity contribution >= 4 is 5.97 Å². The van der Waals surface area contributed by atoms with E-state index in [1.54, 1.807) is 18.3 Å². The molecule has 1 spiro atoms. The highest BCUT2D eigenvalue weighted by atomic mass is 16.4. The van der Waals surface area contributed by atoms with Gasteiger partial charge in [0.05, 0.1) is 18.7 Å². The first-order chi connectivity index (χ1) is 19.8. The fourth-order valence-corrected chi connectivity index (χ4v) is 6.74. The summed E-state index contributed by atoms with van der Waals surface area (Å²) in [6.07, 6.45) is 12.9. The summed E-state index contributed by atoms with van der Waals surface area (Å²) >= 11 is 0. The molecule has 3 aromatic rings. The van der Waals surface area contributed by atoms with Crippen LogP contribution in [0.25, 0.3) is 0 Å². The van der Waals surface area contributed by atoms with Crippen molar-refractivity contribution in [2.24, 2.45) is 11.3 Å². The van der Waals surface area contributed by atoms with Gasteiger partial charge in [-0.3, -0.25) is 4.90 Å². The second kappa shape index (κ2) is 13.3. The van der Waals surface area contributed by atoms with Crippen molar-refractivity contribution in [3.63, 3.8) is 0 Å². The third-order valence-electron chi connectivity index (χ3n) is 8.95. The van der Waals surface area contributed by atoms with E-state index in [1.807, 2.05) is 29.1 Å². The Labute approximate surface area is 244 Å². The molecule has 2 fully saturated rings. The van der Waals surface area contributed by atoms with Crippen LogP contribution in [0.3, 0.4) is 0 Å². The molecule has 0 unspecified atom stereocenters. The van der Waals surface area contributed by atoms with E-state index in [4.69, 9.17) is 0 Å². The molecular formula is C32H47N7O2. The molecule has 2 aliphatic heterocycles. The van der Waals surface area contributed by atoms with Gasteiger partial charge in [0.15, 0.2) is 0 Å². The molecule has 5 rings (SSSR count). The number of aromatic nitrogens is 4. The van der Waals surface area contributed by atoms with Crippen molar-refractivity contribution in [2.75, 3.05) is 46.3 Å². The standard InChI is InChI=1S/C32H47N7O2/c1-26(2)21-36-16-9-32(10-17-36)11-18-37(25-32)14-6-15-38-19-12-33-29(38)23-35(3)24-30-34-13-20-39(30)22-27-7-4-5-8-28(27)31(40)41/h4-5,7-8,12-13,19-20,26H,6,9-11,14-18,21-25H2,1-3H3,(H,40,41). The van der Waals surface area contributed by atoms with Crippen LogP contribution in [0.5, 0.6) is 0 Å². The van der Waals surface area contributed by atoms with Crippen LogP contribution >= 0.6 is 0 Å². The lowest BCUT2D eigenvalue weighted by Crippen LogP contribution is -2.42. The van der Waals surface area contributed by atoms with Gasteiger partial charge in [-0.1, -0.05) is 32.0 Å². The number of imidazole rings is 2. The summed E-state index contributed by atoms with van der Waals surface area (Å²) in [7, 11) is 2.08. The quantitative estimate of drug-likeness (QED) is 0.333. The summed E-state index contributed by atoms with van der Waals surface area (Å²) < 4.78 is 4.32. The zero-order valence-corrected chi connectivity index (χ0v) is 25.1. The number of nitrogens with zero attached hydrogens (tertiary/aromatic N) is 7. The maximum absolute atomic E-state index is 11.6. The van der Waals surface area contributed by atoms with Gasteiger partial charge in [0.2, 0.25) is 0 Å². The Morgan fingerprint density at radius 3 is 2.27 bits per heavy atom. The van der Waals surface area contributed by atoms with Crippen LogP contribution in [-0.4, -0.2) is 91.2 Å². The van der Waals surface area contributed by atoms with Crippen LogP contribution in [0.2, 0.25) is 0 Å². The normalized spacial score (nSPS) is 17.8. The molecule has 222 valence electrons. The summed E-state index contributed by atoms with van der Waals surface area (Å²) in [6, 6.07) is 7.16. The summed E-state index contributed by atoms with van der Waals surface area (Å²) in [5.41, 5.74) is 1.66. The first kappa shape index (κ1) is 29.5. The molecule has 9 nitrogen and oxygen atoms in total. The minimum Gasteiger partial charge on any atom is -0.478 e. The molecule has 0 saturated carbocycles. The minimum absolute atomic E-state index is 0.332. The zero-order chi connectivity index (χ0) is 28.8. The van der Waals surface area contributed by atoms with E-state index in [0.29, 0.717) is 24.1 Å². The summed E-state index contributed by atoms with van der Waals surface area (Å²) in [4.78, 5) is 28.4. The molecule has 0 atom stereocenters. The SMILES string of the molecule is CC(C)CN1CCC2(CC1)CCN(CCCn1ccnc1CN(C)Cc1nccn1Cc1ccccc1C(=O)O)C2. The smallest absolute Gasteiger partial charge is 0.336 e. The van der Waals surface area contributed by atoms with Gasteiger partial charge in [-0.25, -0.2) is 14.8 Å². The second-order valence-electron chi connectivity index (χ2n) is 12.7. The van der Waals surface area contributed by atoms with E-state index in [9.17, 15) is 9.90 Å². The number of aryl methyl sites for hydroxylation is 1. The largest absolute Gasteiger partial charge is 0.478 e. The highest BCUT2D eigenvalue weighted by Gasteiger charge is 2.40. The fourth-order valence-electron chi connectivity index (χ4n) is 6.74. The van der Waals surface area contributed by atoms with Gasteiger partial charge in [-0.15, -0.1) is 0 Å². The van der Waals surface area contributed by atoms with Crippen molar-refractivity contribution in [2.45, 2.75) is 65.7 Å². The van der Waals surface area contributed by atoms with E-state index in [-0.39, 0.29) is 0 Å². The Bertz CT molecular complexity index is 1270. The number of likely N-dealkylation sites (tertiary alicyclic amines) is 2. The van der Waals surface area contributed by atoms with E-state index < -0.39 is 5.97 Å². The summed E-state index contributed by atoms with van der Waals surface area (Å²) in [5, 5.41) is 9.55. The minimum atomic E-state index is -0.905. The number of hydrogen-bond donors (Lipinski definition) is 1. The highest BCUT2D eigenvalue weighted by Crippen LogP contribution is 2.40. The Kier molecular flexibility index (Phi) is 9.57. The molecular weight excluding hydrogens is 514 g/mol. The second-order valence-corrected chi connectivity index (χ2v) is 12.7. The molecule has 41 heavy (non-hydrogen) atoms. The van der Waals surface area contributed by atoms with Crippen molar-refractivity contribution in [3.05, 3.63) is 71.8 Å². The molecule has 0 radical (unpaired) electrons. The third kappa shape index (κ3) is 7.64. The van der Waals surface area contributed by atoms with Gasteiger partial charge < -0.3 is 24.0 Å². The van der Waals surface area contributed by atoms with Gasteiger partial charge >= 0.3 is 5.97 Å². The van der Waals surface area contributed by atoms with Gasteiger partial charge in [0.1, 0.15) is 11.6 Å². The lowest BCUT2D eigenvalue weighted by Gasteiger charge is -2.40. The Hall–Kier alpha value is -3.01. The molecule has 0 bridgehead atoms. The topological polar surface area (TPSA) is 82.7 Å². The van der Waals surface area contributed by atoms with Gasteiger partial charge in [-0.2, -0.15) is 0 Å². The molecule has 1 N–H and O–H groups in total. The van der Waals surface area contributed by atoms with E-state index in [0.717, 1.165) is 49.2 Å². The predicted octanol–water partition coefficient (Wildman–Crippen LogP) is 4.29. The number of benzene rings is 1. The number of carbonyl (C=O) groups is 1. The van der Waals surface area contributed by atoms with E-state index in [1.165, 1.54) is 52.0 Å². The van der Waals surface area contributed by atoms with Crippen LogP contribution < -0.4 is 0 Å². The van der Waals surface area contributed by atoms with Crippen LogP contribution in [0.4, 0.5) is 0 Å². The van der Waals surface area contributed by atoms with Gasteiger partial charge in [-0.05, 0) is 81.9 Å². The third-order valence-corrected chi connectivity index (χ3v) is 8.95. The zero-order valence-electron chi connectivity index (χ0n) is 25.1. The van der Waals surface area contributed by atoms with Crippen LogP contribution in [0.1, 0.15) is 67.1 Å². The number of carboxylic acids is 1. The van der Waals surface area contributed by atoms with E-state index in [2.05, 4.69) is 56.3 Å². The first-order valence-electron chi connectivity index (χ1n) is 15.2. The average Bonchev–Trinajstić information content (AvgIpc) is 3.67. The number of carboxylic acid groups (broad SMARTS) is 1.